The zero-order valence-corrected chi connectivity index (χ0v) is 21.8. The molecule has 0 spiro atoms. The summed E-state index contributed by atoms with van der Waals surface area (Å²) in [5.74, 6) is -0.263. The smallest absolute Gasteiger partial charge is 0.341 e. The predicted molar refractivity (Wildman–Crippen MR) is 134 cm³/mol. The van der Waals surface area contributed by atoms with Crippen LogP contribution in [0.1, 0.15) is 70.6 Å². The minimum absolute atomic E-state index is 0.0428. The summed E-state index contributed by atoms with van der Waals surface area (Å²) in [4.78, 5) is 33.9. The Bertz CT molecular complexity index is 1230. The number of piperidine rings is 1. The second-order valence-corrected chi connectivity index (χ2v) is 10.2. The van der Waals surface area contributed by atoms with Gasteiger partial charge in [0, 0.05) is 37.1 Å². The van der Waals surface area contributed by atoms with Crippen LogP contribution in [0.5, 0.6) is 0 Å². The molecule has 1 aliphatic heterocycles. The third-order valence-electron chi connectivity index (χ3n) is 6.85. The van der Waals surface area contributed by atoms with Crippen LogP contribution in [0.3, 0.4) is 0 Å². The van der Waals surface area contributed by atoms with Crippen LogP contribution in [-0.2, 0) is 17.5 Å². The van der Waals surface area contributed by atoms with Gasteiger partial charge in [-0.1, -0.05) is 37.3 Å². The molecular weight excluding hydrogens is 503 g/mol. The van der Waals surface area contributed by atoms with Gasteiger partial charge in [-0.25, -0.2) is 4.98 Å². The number of hydrogen-bond donors (Lipinski definition) is 0. The van der Waals surface area contributed by atoms with Crippen molar-refractivity contribution in [2.24, 2.45) is 0 Å². The maximum atomic E-state index is 13.2. The van der Waals surface area contributed by atoms with Gasteiger partial charge in [0.15, 0.2) is 5.69 Å². The molecule has 1 atom stereocenters. The Morgan fingerprint density at radius 2 is 1.86 bits per heavy atom. The number of carbonyl (C=O) groups excluding carboxylic acids is 2. The number of halogens is 3. The molecular formula is C26H30F3N5O2S. The molecule has 1 saturated heterocycles. The van der Waals surface area contributed by atoms with E-state index in [1.165, 1.54) is 18.3 Å². The van der Waals surface area contributed by atoms with Crippen molar-refractivity contribution in [2.45, 2.75) is 57.8 Å². The van der Waals surface area contributed by atoms with Crippen LogP contribution in [0, 0.1) is 6.92 Å². The maximum Gasteiger partial charge on any atom is 0.435 e. The highest BCUT2D eigenvalue weighted by Gasteiger charge is 2.35. The van der Waals surface area contributed by atoms with Crippen molar-refractivity contribution in [2.75, 3.05) is 20.1 Å². The lowest BCUT2D eigenvalue weighted by atomic mass is 9.97. The molecule has 11 heteroatoms. The van der Waals surface area contributed by atoms with Crippen LogP contribution in [0.15, 0.2) is 41.8 Å². The number of carbonyl (C=O) groups is 2. The lowest BCUT2D eigenvalue weighted by molar-refractivity contribution is -0.142. The number of hydrogen-bond acceptors (Lipinski definition) is 5. The number of nitrogens with zero attached hydrogens (tertiary/aromatic N) is 5. The van der Waals surface area contributed by atoms with Crippen molar-refractivity contribution in [3.63, 3.8) is 0 Å². The van der Waals surface area contributed by atoms with E-state index in [9.17, 15) is 22.8 Å². The van der Waals surface area contributed by atoms with Crippen molar-refractivity contribution in [1.29, 1.82) is 0 Å². The number of likely N-dealkylation sites (tertiary alicyclic amines) is 1. The first-order valence-corrected chi connectivity index (χ1v) is 13.1. The molecule has 2 amide bonds. The molecule has 7 nitrogen and oxygen atoms in total. The minimum Gasteiger partial charge on any atom is -0.341 e. The van der Waals surface area contributed by atoms with Gasteiger partial charge in [0.25, 0.3) is 5.91 Å². The van der Waals surface area contributed by atoms with Gasteiger partial charge in [0.2, 0.25) is 5.91 Å². The molecule has 0 aliphatic carbocycles. The van der Waals surface area contributed by atoms with Crippen LogP contribution in [-0.4, -0.2) is 56.5 Å². The van der Waals surface area contributed by atoms with Gasteiger partial charge in [0.1, 0.15) is 12.2 Å². The van der Waals surface area contributed by atoms with Gasteiger partial charge in [-0.15, -0.1) is 11.3 Å². The first-order chi connectivity index (χ1) is 17.6. The van der Waals surface area contributed by atoms with Crippen molar-refractivity contribution in [3.8, 4) is 0 Å². The van der Waals surface area contributed by atoms with Crippen molar-refractivity contribution < 1.29 is 22.8 Å². The Balaban J connectivity index is 1.34. The third-order valence-corrected chi connectivity index (χ3v) is 7.86. The fraction of sp³-hybridized carbons (Fsp3) is 0.462. The van der Waals surface area contributed by atoms with Crippen molar-refractivity contribution in [1.82, 2.24) is 24.6 Å². The van der Waals surface area contributed by atoms with E-state index in [1.807, 2.05) is 37.3 Å². The average Bonchev–Trinajstić information content (AvgIpc) is 3.52. The van der Waals surface area contributed by atoms with Crippen LogP contribution in [0.4, 0.5) is 13.2 Å². The van der Waals surface area contributed by atoms with E-state index >= 15 is 0 Å². The predicted octanol–water partition coefficient (Wildman–Crippen LogP) is 5.30. The van der Waals surface area contributed by atoms with Crippen LogP contribution < -0.4 is 0 Å². The van der Waals surface area contributed by atoms with E-state index in [0.717, 1.165) is 27.7 Å². The average molecular weight is 534 g/mol. The monoisotopic (exact) mass is 533 g/mol. The number of rotatable bonds is 7. The summed E-state index contributed by atoms with van der Waals surface area (Å²) < 4.78 is 39.8. The molecule has 0 N–H and O–H groups in total. The molecule has 0 radical (unpaired) electrons. The Labute approximate surface area is 217 Å². The van der Waals surface area contributed by atoms with E-state index < -0.39 is 11.9 Å². The topological polar surface area (TPSA) is 71.3 Å². The van der Waals surface area contributed by atoms with Crippen LogP contribution in [0.2, 0.25) is 0 Å². The summed E-state index contributed by atoms with van der Waals surface area (Å²) >= 11 is 1.45. The standard InChI is InChI=1S/C26H30F3N5O2S/c1-4-21(18-8-6-5-7-9-18)32(3)25(36)20-16-37-24(30-20)19-10-12-33(13-11-19)23(35)15-34-17(2)14-22(31-34)26(27,28)29/h5-9,14,16,19,21H,4,10-13,15H2,1-3H3. The SMILES string of the molecule is CCC(c1ccccc1)N(C)C(=O)c1csc(C2CCN(C(=O)Cn3nc(C(F)(F)F)cc3C)CC2)n1. The maximum absolute atomic E-state index is 13.2. The number of thiazole rings is 1. The quantitative estimate of drug-likeness (QED) is 0.414. The van der Waals surface area contributed by atoms with Gasteiger partial charge < -0.3 is 9.80 Å². The first-order valence-electron chi connectivity index (χ1n) is 12.3. The zero-order chi connectivity index (χ0) is 26.7. The molecule has 1 unspecified atom stereocenters. The molecule has 198 valence electrons. The summed E-state index contributed by atoms with van der Waals surface area (Å²) in [6.07, 6.45) is -2.41. The van der Waals surface area contributed by atoms with Gasteiger partial charge in [0.05, 0.1) is 11.0 Å². The normalized spacial score (nSPS) is 15.6. The van der Waals surface area contributed by atoms with Gasteiger partial charge in [-0.2, -0.15) is 18.3 Å². The molecule has 1 aromatic carbocycles. The zero-order valence-electron chi connectivity index (χ0n) is 21.0. The molecule has 1 fully saturated rings. The number of amides is 2. The second kappa shape index (κ2) is 11.0. The fourth-order valence-electron chi connectivity index (χ4n) is 4.72. The Kier molecular flexibility index (Phi) is 8.01. The molecule has 0 saturated carbocycles. The summed E-state index contributed by atoms with van der Waals surface area (Å²) in [5, 5.41) is 6.21. The minimum atomic E-state index is -4.54. The van der Waals surface area contributed by atoms with Crippen LogP contribution >= 0.6 is 11.3 Å². The highest BCUT2D eigenvalue weighted by molar-refractivity contribution is 7.09. The fourth-order valence-corrected chi connectivity index (χ4v) is 5.68. The molecule has 3 aromatic rings. The number of aryl methyl sites for hydroxylation is 1. The van der Waals surface area contributed by atoms with E-state index in [2.05, 4.69) is 10.1 Å². The van der Waals surface area contributed by atoms with E-state index in [1.54, 1.807) is 22.2 Å². The van der Waals surface area contributed by atoms with Gasteiger partial charge in [-0.05, 0) is 37.8 Å². The molecule has 37 heavy (non-hydrogen) atoms. The first kappa shape index (κ1) is 26.8. The lowest BCUT2D eigenvalue weighted by Gasteiger charge is -2.31. The number of alkyl halides is 3. The van der Waals surface area contributed by atoms with Crippen molar-refractivity contribution >= 4 is 23.2 Å². The number of benzene rings is 1. The van der Waals surface area contributed by atoms with E-state index in [4.69, 9.17) is 0 Å². The van der Waals surface area contributed by atoms with Gasteiger partial charge >= 0.3 is 6.18 Å². The summed E-state index contributed by atoms with van der Waals surface area (Å²) in [5.41, 5.74) is 0.793. The summed E-state index contributed by atoms with van der Waals surface area (Å²) in [6, 6.07) is 10.8. The van der Waals surface area contributed by atoms with Crippen LogP contribution in [0.25, 0.3) is 0 Å². The Hall–Kier alpha value is -3.21. The Morgan fingerprint density at radius 1 is 1.19 bits per heavy atom. The molecule has 4 rings (SSSR count). The second-order valence-electron chi connectivity index (χ2n) is 9.30. The van der Waals surface area contributed by atoms with E-state index in [-0.39, 0.29) is 36.0 Å². The van der Waals surface area contributed by atoms with Crippen molar-refractivity contribution in [3.05, 3.63) is 69.4 Å². The summed E-state index contributed by atoms with van der Waals surface area (Å²) in [6.45, 7) is 4.28. The lowest BCUT2D eigenvalue weighted by Crippen LogP contribution is -2.40. The van der Waals surface area contributed by atoms with E-state index in [0.29, 0.717) is 31.6 Å². The Morgan fingerprint density at radius 3 is 2.46 bits per heavy atom. The number of aromatic nitrogens is 3. The summed E-state index contributed by atoms with van der Waals surface area (Å²) in [7, 11) is 1.80. The van der Waals surface area contributed by atoms with Gasteiger partial charge in [-0.3, -0.25) is 14.3 Å². The third kappa shape index (κ3) is 6.03. The highest BCUT2D eigenvalue weighted by atomic mass is 32.1. The highest BCUT2D eigenvalue weighted by Crippen LogP contribution is 2.32. The molecule has 2 aromatic heterocycles. The molecule has 3 heterocycles. The largest absolute Gasteiger partial charge is 0.435 e. The molecule has 1 aliphatic rings. The molecule has 0 bridgehead atoms.